The van der Waals surface area contributed by atoms with E-state index in [1.54, 1.807) is 12.1 Å². The van der Waals surface area contributed by atoms with Gasteiger partial charge >= 0.3 is 12.0 Å². The van der Waals surface area contributed by atoms with Crippen molar-refractivity contribution in [3.8, 4) is 0 Å². The highest BCUT2D eigenvalue weighted by Gasteiger charge is 2.05. The Hall–Kier alpha value is -2.29. The molecule has 0 aliphatic carbocycles. The smallest absolute Gasteiger partial charge is 0.319 e. The molecule has 0 unspecified atom stereocenters. The van der Waals surface area contributed by atoms with Crippen molar-refractivity contribution in [2.45, 2.75) is 6.42 Å². The lowest BCUT2D eigenvalue weighted by Gasteiger charge is -2.08. The topological polar surface area (TPSA) is 114 Å². The van der Waals surface area contributed by atoms with Crippen LogP contribution in [0, 0.1) is 0 Å². The van der Waals surface area contributed by atoms with Gasteiger partial charge in [-0.1, -0.05) is 0 Å². The maximum atomic E-state index is 11.5. The molecule has 1 aromatic rings. The lowest BCUT2D eigenvalue weighted by molar-refractivity contribution is -0.140. The summed E-state index contributed by atoms with van der Waals surface area (Å²) >= 11 is 0. The minimum absolute atomic E-state index is 0.0845. The van der Waals surface area contributed by atoms with Crippen LogP contribution in [0.1, 0.15) is 6.42 Å². The Morgan fingerprint density at radius 3 is 2.24 bits per heavy atom. The summed E-state index contributed by atoms with van der Waals surface area (Å²) < 4.78 is 28.8. The number of hydrogen-bond acceptors (Lipinski definition) is 5. The zero-order valence-electron chi connectivity index (χ0n) is 11.7. The molecule has 0 bridgehead atoms. The van der Waals surface area contributed by atoms with E-state index >= 15 is 0 Å². The molecule has 8 nitrogen and oxygen atoms in total. The van der Waals surface area contributed by atoms with E-state index in [1.165, 1.54) is 19.2 Å². The number of carbonyl (C=O) groups excluding carboxylic acids is 2. The second kappa shape index (κ2) is 7.48. The predicted molar refractivity (Wildman–Crippen MR) is 78.6 cm³/mol. The molecular formula is C12H17N3O5S. The molecule has 9 heteroatoms. The number of anilines is 2. The zero-order chi connectivity index (χ0) is 15.9. The molecule has 0 atom stereocenters. The molecule has 21 heavy (non-hydrogen) atoms. The van der Waals surface area contributed by atoms with Crippen molar-refractivity contribution in [3.63, 3.8) is 0 Å². The molecule has 2 amide bonds. The molecule has 0 saturated heterocycles. The van der Waals surface area contributed by atoms with Gasteiger partial charge < -0.3 is 15.4 Å². The van der Waals surface area contributed by atoms with E-state index in [0.29, 0.717) is 11.4 Å². The first-order valence-corrected chi connectivity index (χ1v) is 7.89. The Labute approximate surface area is 122 Å². The highest BCUT2D eigenvalue weighted by atomic mass is 32.2. The molecular weight excluding hydrogens is 298 g/mol. The molecule has 0 saturated carbocycles. The van der Waals surface area contributed by atoms with Crippen LogP contribution in [-0.2, 0) is 19.6 Å². The summed E-state index contributed by atoms with van der Waals surface area (Å²) in [5.74, 6) is -0.411. The van der Waals surface area contributed by atoms with Crippen LogP contribution in [0.15, 0.2) is 24.3 Å². The third-order valence-corrected chi connectivity index (χ3v) is 2.89. The van der Waals surface area contributed by atoms with Crippen molar-refractivity contribution >= 4 is 33.4 Å². The highest BCUT2D eigenvalue weighted by molar-refractivity contribution is 7.92. The second-order valence-corrected chi connectivity index (χ2v) is 5.91. The number of ether oxygens (including phenoxy) is 1. The van der Waals surface area contributed by atoms with Gasteiger partial charge in [-0.15, -0.1) is 0 Å². The third-order valence-electron chi connectivity index (χ3n) is 2.29. The van der Waals surface area contributed by atoms with Gasteiger partial charge in [-0.2, -0.15) is 0 Å². The van der Waals surface area contributed by atoms with Crippen LogP contribution in [0.3, 0.4) is 0 Å². The van der Waals surface area contributed by atoms with Crippen LogP contribution in [-0.4, -0.2) is 40.3 Å². The monoisotopic (exact) mass is 315 g/mol. The van der Waals surface area contributed by atoms with Crippen LogP contribution in [0.25, 0.3) is 0 Å². The van der Waals surface area contributed by atoms with E-state index in [2.05, 4.69) is 20.1 Å². The third kappa shape index (κ3) is 7.16. The van der Waals surface area contributed by atoms with Crippen LogP contribution in [0.2, 0.25) is 0 Å². The number of carbonyl (C=O) groups is 2. The molecule has 1 aromatic carbocycles. The lowest BCUT2D eigenvalue weighted by Crippen LogP contribution is -2.30. The molecule has 116 valence electrons. The first-order chi connectivity index (χ1) is 9.80. The van der Waals surface area contributed by atoms with Crippen LogP contribution in [0.4, 0.5) is 16.2 Å². The summed E-state index contributed by atoms with van der Waals surface area (Å²) in [6.45, 7) is 0.159. The molecule has 0 heterocycles. The summed E-state index contributed by atoms with van der Waals surface area (Å²) in [5.41, 5.74) is 0.888. The van der Waals surface area contributed by atoms with Gasteiger partial charge in [0, 0.05) is 17.9 Å². The Morgan fingerprint density at radius 2 is 1.71 bits per heavy atom. The minimum atomic E-state index is -3.33. The van der Waals surface area contributed by atoms with Gasteiger partial charge in [0.25, 0.3) is 0 Å². The number of benzene rings is 1. The van der Waals surface area contributed by atoms with E-state index in [0.717, 1.165) is 6.26 Å². The lowest BCUT2D eigenvalue weighted by atomic mass is 10.3. The van der Waals surface area contributed by atoms with E-state index < -0.39 is 22.0 Å². The normalized spacial score (nSPS) is 10.6. The molecule has 0 aliphatic rings. The average Bonchev–Trinajstić information content (AvgIpc) is 2.39. The Bertz CT molecular complexity index is 598. The van der Waals surface area contributed by atoms with E-state index in [1.807, 2.05) is 0 Å². The minimum Gasteiger partial charge on any atom is -0.469 e. The van der Waals surface area contributed by atoms with Gasteiger partial charge in [-0.25, -0.2) is 13.2 Å². The van der Waals surface area contributed by atoms with Gasteiger partial charge in [0.05, 0.1) is 19.8 Å². The van der Waals surface area contributed by atoms with Gasteiger partial charge in [0.15, 0.2) is 0 Å². The number of sulfonamides is 1. The Balaban J connectivity index is 2.44. The molecule has 0 aliphatic heterocycles. The highest BCUT2D eigenvalue weighted by Crippen LogP contribution is 2.14. The van der Waals surface area contributed by atoms with E-state index in [-0.39, 0.29) is 13.0 Å². The summed E-state index contributed by atoms with van der Waals surface area (Å²) in [4.78, 5) is 22.4. The molecule has 0 fully saturated rings. The van der Waals surface area contributed by atoms with Crippen LogP contribution >= 0.6 is 0 Å². The number of methoxy groups -OCH3 is 1. The van der Waals surface area contributed by atoms with Crippen LogP contribution in [0.5, 0.6) is 0 Å². The van der Waals surface area contributed by atoms with Crippen molar-refractivity contribution in [3.05, 3.63) is 24.3 Å². The quantitative estimate of drug-likeness (QED) is 0.670. The Kier molecular flexibility index (Phi) is 5.97. The number of amides is 2. The van der Waals surface area contributed by atoms with Crippen molar-refractivity contribution in [1.82, 2.24) is 5.32 Å². The van der Waals surface area contributed by atoms with Crippen LogP contribution < -0.4 is 15.4 Å². The Morgan fingerprint density at radius 1 is 1.14 bits per heavy atom. The van der Waals surface area contributed by atoms with Gasteiger partial charge in [0.2, 0.25) is 10.0 Å². The summed E-state index contributed by atoms with van der Waals surface area (Å²) in [6.07, 6.45) is 1.13. The maximum absolute atomic E-state index is 11.5. The predicted octanol–water partition coefficient (Wildman–Crippen LogP) is 0.743. The SMILES string of the molecule is COC(=O)CCNC(=O)Nc1ccc(NS(C)(=O)=O)cc1. The largest absolute Gasteiger partial charge is 0.469 e. The van der Waals surface area contributed by atoms with E-state index in [4.69, 9.17) is 0 Å². The van der Waals surface area contributed by atoms with Crippen molar-refractivity contribution < 1.29 is 22.7 Å². The number of urea groups is 1. The fourth-order valence-corrected chi connectivity index (χ4v) is 1.96. The molecule has 3 N–H and O–H groups in total. The number of nitrogens with one attached hydrogen (secondary N) is 3. The van der Waals surface area contributed by atoms with Crippen molar-refractivity contribution in [1.29, 1.82) is 0 Å². The molecule has 0 spiro atoms. The van der Waals surface area contributed by atoms with Gasteiger partial charge in [0.1, 0.15) is 0 Å². The zero-order valence-corrected chi connectivity index (χ0v) is 12.5. The average molecular weight is 315 g/mol. The number of hydrogen-bond donors (Lipinski definition) is 3. The molecule has 0 aromatic heterocycles. The summed E-state index contributed by atoms with van der Waals surface area (Å²) in [6, 6.07) is 5.67. The fraction of sp³-hybridized carbons (Fsp3) is 0.333. The number of rotatable bonds is 6. The van der Waals surface area contributed by atoms with Crippen molar-refractivity contribution in [2.75, 3.05) is 29.9 Å². The second-order valence-electron chi connectivity index (χ2n) is 4.16. The van der Waals surface area contributed by atoms with Crippen molar-refractivity contribution in [2.24, 2.45) is 0 Å². The standard InChI is InChI=1S/C12H17N3O5S/c1-20-11(16)7-8-13-12(17)14-9-3-5-10(6-4-9)15-21(2,18)19/h3-6,15H,7-8H2,1-2H3,(H2,13,14,17). The summed E-state index contributed by atoms with van der Waals surface area (Å²) in [7, 11) is -2.06. The van der Waals surface area contributed by atoms with E-state index in [9.17, 15) is 18.0 Å². The first-order valence-electron chi connectivity index (χ1n) is 5.99. The molecule has 0 radical (unpaired) electrons. The van der Waals surface area contributed by atoms with Gasteiger partial charge in [-0.05, 0) is 24.3 Å². The first kappa shape index (κ1) is 16.8. The fourth-order valence-electron chi connectivity index (χ4n) is 1.39. The van der Waals surface area contributed by atoms with Gasteiger partial charge in [-0.3, -0.25) is 9.52 Å². The number of esters is 1. The summed E-state index contributed by atoms with van der Waals surface area (Å²) in [5, 5.41) is 5.03. The molecule has 1 rings (SSSR count). The maximum Gasteiger partial charge on any atom is 0.319 e.